The fourth-order valence-electron chi connectivity index (χ4n) is 1.66. The lowest BCUT2D eigenvalue weighted by Gasteiger charge is -2.12. The van der Waals surface area contributed by atoms with Crippen molar-refractivity contribution in [1.29, 1.82) is 5.26 Å². The van der Waals surface area contributed by atoms with Crippen LogP contribution in [0.3, 0.4) is 0 Å². The zero-order chi connectivity index (χ0) is 14.5. The van der Waals surface area contributed by atoms with E-state index in [0.717, 1.165) is 0 Å². The van der Waals surface area contributed by atoms with Crippen LogP contribution >= 0.6 is 11.6 Å². The highest BCUT2D eigenvalue weighted by Crippen LogP contribution is 2.37. The molecular weight excluding hydrogens is 278 g/mol. The Labute approximate surface area is 121 Å². The number of halogens is 1. The first-order valence-electron chi connectivity index (χ1n) is 5.69. The zero-order valence-electron chi connectivity index (χ0n) is 10.6. The largest absolute Gasteiger partial charge is 0.493 e. The SMILES string of the molecule is COc1cc(C#N)ccc1Oc1c(Cl)cccc1C=O. The molecule has 0 unspecified atom stereocenters. The first-order valence-corrected chi connectivity index (χ1v) is 6.07. The summed E-state index contributed by atoms with van der Waals surface area (Å²) in [5.74, 6) is 1.02. The molecule has 0 saturated heterocycles. The standard InChI is InChI=1S/C15H10ClNO3/c1-19-14-7-10(8-17)5-6-13(14)20-15-11(9-18)3-2-4-12(15)16/h2-7,9H,1H3. The Balaban J connectivity index is 2.45. The van der Waals surface area contributed by atoms with Crippen LogP contribution in [-0.4, -0.2) is 13.4 Å². The number of rotatable bonds is 4. The summed E-state index contributed by atoms with van der Waals surface area (Å²) in [5.41, 5.74) is 0.785. The predicted molar refractivity (Wildman–Crippen MR) is 74.6 cm³/mol. The second-order valence-electron chi connectivity index (χ2n) is 3.86. The molecule has 2 aromatic carbocycles. The summed E-state index contributed by atoms with van der Waals surface area (Å²) in [4.78, 5) is 11.0. The van der Waals surface area contributed by atoms with Gasteiger partial charge in [-0.15, -0.1) is 0 Å². The Kier molecular flexibility index (Phi) is 4.24. The highest BCUT2D eigenvalue weighted by atomic mass is 35.5. The molecule has 4 nitrogen and oxygen atoms in total. The number of nitriles is 1. The number of aldehydes is 1. The predicted octanol–water partition coefficient (Wildman–Crippen LogP) is 3.83. The molecule has 0 aliphatic rings. The minimum absolute atomic E-state index is 0.257. The van der Waals surface area contributed by atoms with Crippen LogP contribution in [0, 0.1) is 11.3 Å². The molecule has 0 N–H and O–H groups in total. The molecular formula is C15H10ClNO3. The van der Waals surface area contributed by atoms with Crippen LogP contribution in [0.2, 0.25) is 5.02 Å². The van der Waals surface area contributed by atoms with Crippen molar-refractivity contribution >= 4 is 17.9 Å². The van der Waals surface area contributed by atoms with Gasteiger partial charge in [-0.05, 0) is 24.3 Å². The van der Waals surface area contributed by atoms with E-state index < -0.39 is 0 Å². The van der Waals surface area contributed by atoms with E-state index in [4.69, 9.17) is 26.3 Å². The third-order valence-electron chi connectivity index (χ3n) is 2.63. The summed E-state index contributed by atoms with van der Waals surface area (Å²) in [6.07, 6.45) is 0.664. The topological polar surface area (TPSA) is 59.3 Å². The summed E-state index contributed by atoms with van der Waals surface area (Å²) in [5, 5.41) is 9.17. The van der Waals surface area contributed by atoms with Crippen molar-refractivity contribution < 1.29 is 14.3 Å². The van der Waals surface area contributed by atoms with Crippen molar-refractivity contribution in [3.8, 4) is 23.3 Å². The van der Waals surface area contributed by atoms with Crippen LogP contribution in [0.5, 0.6) is 17.2 Å². The average molecular weight is 288 g/mol. The third kappa shape index (κ3) is 2.73. The maximum atomic E-state index is 11.0. The molecule has 0 aliphatic heterocycles. The summed E-state index contributed by atoms with van der Waals surface area (Å²) < 4.78 is 10.8. The fraction of sp³-hybridized carbons (Fsp3) is 0.0667. The van der Waals surface area contributed by atoms with Gasteiger partial charge >= 0.3 is 0 Å². The van der Waals surface area contributed by atoms with Crippen LogP contribution < -0.4 is 9.47 Å². The van der Waals surface area contributed by atoms with Crippen molar-refractivity contribution in [1.82, 2.24) is 0 Å². The minimum Gasteiger partial charge on any atom is -0.493 e. The molecule has 20 heavy (non-hydrogen) atoms. The number of hydrogen-bond acceptors (Lipinski definition) is 4. The number of carbonyl (C=O) groups is 1. The van der Waals surface area contributed by atoms with E-state index in [9.17, 15) is 4.79 Å². The molecule has 0 aliphatic carbocycles. The third-order valence-corrected chi connectivity index (χ3v) is 2.93. The molecule has 0 atom stereocenters. The van der Waals surface area contributed by atoms with Gasteiger partial charge in [0.05, 0.1) is 29.3 Å². The number of carbonyl (C=O) groups excluding carboxylic acids is 1. The number of methoxy groups -OCH3 is 1. The van der Waals surface area contributed by atoms with Gasteiger partial charge < -0.3 is 9.47 Å². The van der Waals surface area contributed by atoms with Gasteiger partial charge in [0, 0.05) is 6.07 Å². The summed E-state index contributed by atoms with van der Waals surface area (Å²) in [6.45, 7) is 0. The summed E-state index contributed by atoms with van der Waals surface area (Å²) >= 11 is 6.04. The van der Waals surface area contributed by atoms with E-state index >= 15 is 0 Å². The van der Waals surface area contributed by atoms with Gasteiger partial charge in [0.2, 0.25) is 0 Å². The normalized spacial score (nSPS) is 9.65. The number of nitrogens with zero attached hydrogens (tertiary/aromatic N) is 1. The van der Waals surface area contributed by atoms with Gasteiger partial charge in [0.1, 0.15) is 0 Å². The summed E-state index contributed by atoms with van der Waals surface area (Å²) in [6, 6.07) is 11.6. The van der Waals surface area contributed by atoms with Gasteiger partial charge in [-0.2, -0.15) is 5.26 Å². The second-order valence-corrected chi connectivity index (χ2v) is 4.26. The fourth-order valence-corrected chi connectivity index (χ4v) is 1.88. The number of benzene rings is 2. The molecule has 0 radical (unpaired) electrons. The molecule has 0 saturated carbocycles. The first-order chi connectivity index (χ1) is 9.69. The van der Waals surface area contributed by atoms with E-state index in [1.54, 1.807) is 36.4 Å². The van der Waals surface area contributed by atoms with Gasteiger partial charge in [-0.25, -0.2) is 0 Å². The molecule has 0 bridgehead atoms. The Morgan fingerprint density at radius 2 is 2.05 bits per heavy atom. The lowest BCUT2D eigenvalue weighted by Crippen LogP contribution is -1.95. The van der Waals surface area contributed by atoms with Crippen LogP contribution in [0.4, 0.5) is 0 Å². The van der Waals surface area contributed by atoms with Gasteiger partial charge in [-0.3, -0.25) is 4.79 Å². The first kappa shape index (κ1) is 13.9. The Hall–Kier alpha value is -2.51. The molecule has 0 heterocycles. The molecule has 0 aromatic heterocycles. The maximum Gasteiger partial charge on any atom is 0.169 e. The maximum absolute atomic E-state index is 11.0. The zero-order valence-corrected chi connectivity index (χ0v) is 11.3. The van der Waals surface area contributed by atoms with Crippen LogP contribution in [0.15, 0.2) is 36.4 Å². The van der Waals surface area contributed by atoms with Crippen LogP contribution in [0.1, 0.15) is 15.9 Å². The van der Waals surface area contributed by atoms with Gasteiger partial charge in [-0.1, -0.05) is 17.7 Å². The molecule has 2 rings (SSSR count). The molecule has 5 heteroatoms. The van der Waals surface area contributed by atoms with E-state index in [-0.39, 0.29) is 5.75 Å². The number of ether oxygens (including phenoxy) is 2. The van der Waals surface area contributed by atoms with Crippen molar-refractivity contribution in [2.75, 3.05) is 7.11 Å². The molecule has 0 amide bonds. The van der Waals surface area contributed by atoms with Crippen molar-refractivity contribution in [3.05, 3.63) is 52.5 Å². The number of hydrogen-bond donors (Lipinski definition) is 0. The Morgan fingerprint density at radius 3 is 2.70 bits per heavy atom. The van der Waals surface area contributed by atoms with E-state index in [2.05, 4.69) is 0 Å². The van der Waals surface area contributed by atoms with Crippen molar-refractivity contribution in [2.45, 2.75) is 0 Å². The Bertz CT molecular complexity index is 692. The van der Waals surface area contributed by atoms with Gasteiger partial charge in [0.15, 0.2) is 23.5 Å². The van der Waals surface area contributed by atoms with Crippen molar-refractivity contribution in [2.24, 2.45) is 0 Å². The lowest BCUT2D eigenvalue weighted by atomic mass is 10.2. The van der Waals surface area contributed by atoms with Crippen LogP contribution in [-0.2, 0) is 0 Å². The average Bonchev–Trinajstić information content (AvgIpc) is 2.49. The minimum atomic E-state index is 0.257. The lowest BCUT2D eigenvalue weighted by molar-refractivity contribution is 0.112. The van der Waals surface area contributed by atoms with Crippen molar-refractivity contribution in [3.63, 3.8) is 0 Å². The smallest absolute Gasteiger partial charge is 0.169 e. The van der Waals surface area contributed by atoms with Crippen LogP contribution in [0.25, 0.3) is 0 Å². The molecule has 0 fully saturated rings. The second kappa shape index (κ2) is 6.09. The molecule has 2 aromatic rings. The monoisotopic (exact) mass is 287 g/mol. The highest BCUT2D eigenvalue weighted by molar-refractivity contribution is 6.32. The van der Waals surface area contributed by atoms with Gasteiger partial charge in [0.25, 0.3) is 0 Å². The number of para-hydroxylation sites is 1. The quantitative estimate of drug-likeness (QED) is 0.802. The van der Waals surface area contributed by atoms with E-state index in [1.807, 2.05) is 6.07 Å². The molecule has 0 spiro atoms. The Morgan fingerprint density at radius 1 is 1.25 bits per heavy atom. The van der Waals surface area contributed by atoms with E-state index in [1.165, 1.54) is 7.11 Å². The molecule has 100 valence electrons. The van der Waals surface area contributed by atoms with E-state index in [0.29, 0.717) is 33.9 Å². The summed E-state index contributed by atoms with van der Waals surface area (Å²) in [7, 11) is 1.47. The highest BCUT2D eigenvalue weighted by Gasteiger charge is 2.12.